The average Bonchev–Trinajstić information content (AvgIpc) is 2.22. The van der Waals surface area contributed by atoms with Gasteiger partial charge in [0, 0.05) is 0 Å². The first-order valence-corrected chi connectivity index (χ1v) is 5.08. The summed E-state index contributed by atoms with van der Waals surface area (Å²) >= 11 is 3.02. The van der Waals surface area contributed by atoms with E-state index in [2.05, 4.69) is 33.1 Å². The number of carbonyl (C=O) groups excluding carboxylic acids is 1. The topological polar surface area (TPSA) is 29.1 Å². The molecular weight excluding hydrogens is 261 g/mol. The predicted molar refractivity (Wildman–Crippen MR) is 59.9 cm³/mol. The van der Waals surface area contributed by atoms with Crippen LogP contribution in [0.5, 0.6) is 0 Å². The Morgan fingerprint density at radius 3 is 3.00 bits per heavy atom. The summed E-state index contributed by atoms with van der Waals surface area (Å²) in [6.07, 6.45) is 0. The van der Waals surface area contributed by atoms with Crippen molar-refractivity contribution in [2.24, 2.45) is 0 Å². The highest BCUT2D eigenvalue weighted by Gasteiger charge is 2.11. The van der Waals surface area contributed by atoms with Crippen LogP contribution >= 0.6 is 15.9 Å². The molecule has 2 nitrogen and oxygen atoms in total. The third-order valence-electron chi connectivity index (χ3n) is 1.71. The van der Waals surface area contributed by atoms with Gasteiger partial charge in [-0.25, -0.2) is 4.39 Å². The van der Waals surface area contributed by atoms with Gasteiger partial charge in [0.25, 0.3) is 5.91 Å². The van der Waals surface area contributed by atoms with Crippen LogP contribution in [0.25, 0.3) is 0 Å². The number of hydrogen-bond acceptors (Lipinski definition) is 1. The second-order valence-corrected chi connectivity index (χ2v) is 3.50. The Morgan fingerprint density at radius 1 is 1.60 bits per heavy atom. The maximum absolute atomic E-state index is 13.1. The quantitative estimate of drug-likeness (QED) is 0.821. The summed E-state index contributed by atoms with van der Waals surface area (Å²) in [5.74, 6) is 4.54. The van der Waals surface area contributed by atoms with Crippen LogP contribution in [0.2, 0.25) is 0 Å². The summed E-state index contributed by atoms with van der Waals surface area (Å²) in [6, 6.07) is 4.31. The molecule has 0 saturated carbocycles. The molecule has 0 aliphatic heterocycles. The van der Waals surface area contributed by atoms with Gasteiger partial charge in [0.1, 0.15) is 5.82 Å². The molecular formula is C11H9BrFNO. The molecule has 0 fully saturated rings. The lowest BCUT2D eigenvalue weighted by molar-refractivity contribution is 0.0957. The van der Waals surface area contributed by atoms with Crippen LogP contribution in [0, 0.1) is 17.7 Å². The van der Waals surface area contributed by atoms with E-state index in [9.17, 15) is 9.18 Å². The molecule has 15 heavy (non-hydrogen) atoms. The van der Waals surface area contributed by atoms with Crippen molar-refractivity contribution in [3.05, 3.63) is 34.1 Å². The van der Waals surface area contributed by atoms with Gasteiger partial charge in [0.05, 0.1) is 16.6 Å². The van der Waals surface area contributed by atoms with Gasteiger partial charge < -0.3 is 5.32 Å². The van der Waals surface area contributed by atoms with Gasteiger partial charge in [-0.3, -0.25) is 4.79 Å². The molecule has 78 valence electrons. The highest BCUT2D eigenvalue weighted by molar-refractivity contribution is 9.10. The summed E-state index contributed by atoms with van der Waals surface area (Å²) in [6.45, 7) is 1.95. The van der Waals surface area contributed by atoms with Crippen molar-refractivity contribution >= 4 is 21.8 Å². The highest BCUT2D eigenvalue weighted by atomic mass is 79.9. The van der Waals surface area contributed by atoms with Gasteiger partial charge in [-0.2, -0.15) is 0 Å². The van der Waals surface area contributed by atoms with Crippen molar-refractivity contribution in [1.29, 1.82) is 0 Å². The fourth-order valence-corrected chi connectivity index (χ4v) is 1.43. The van der Waals surface area contributed by atoms with E-state index < -0.39 is 5.82 Å². The lowest BCUT2D eigenvalue weighted by atomic mass is 10.2. The number of hydrogen-bond donors (Lipinski definition) is 1. The SMILES string of the molecule is CC#CCNC(=O)c1cccc(F)c1Br. The van der Waals surface area contributed by atoms with Crippen LogP contribution in [0.15, 0.2) is 22.7 Å². The molecule has 1 rings (SSSR count). The molecule has 0 aromatic heterocycles. The molecule has 1 amide bonds. The molecule has 0 unspecified atom stereocenters. The van der Waals surface area contributed by atoms with Crippen LogP contribution in [-0.4, -0.2) is 12.5 Å². The van der Waals surface area contributed by atoms with E-state index in [0.717, 1.165) is 0 Å². The normalized spacial score (nSPS) is 9.00. The monoisotopic (exact) mass is 269 g/mol. The van der Waals surface area contributed by atoms with Crippen LogP contribution in [0.3, 0.4) is 0 Å². The Labute approximate surface area is 96.0 Å². The van der Waals surface area contributed by atoms with Crippen LogP contribution in [0.4, 0.5) is 4.39 Å². The molecule has 0 spiro atoms. The number of carbonyl (C=O) groups is 1. The molecule has 0 heterocycles. The van der Waals surface area contributed by atoms with Crippen LogP contribution < -0.4 is 5.32 Å². The van der Waals surface area contributed by atoms with Gasteiger partial charge in [0.15, 0.2) is 0 Å². The molecule has 1 aromatic rings. The molecule has 0 radical (unpaired) electrons. The zero-order chi connectivity index (χ0) is 11.3. The fraction of sp³-hybridized carbons (Fsp3) is 0.182. The van der Waals surface area contributed by atoms with E-state index >= 15 is 0 Å². The Bertz CT molecular complexity index is 434. The standard InChI is InChI=1S/C11H9BrFNO/c1-2-3-7-14-11(15)8-5-4-6-9(13)10(8)12/h4-6H,7H2,1H3,(H,14,15). The molecule has 0 aliphatic rings. The summed E-state index contributed by atoms with van der Waals surface area (Å²) in [4.78, 5) is 11.5. The van der Waals surface area contributed by atoms with Gasteiger partial charge in [-0.05, 0) is 35.0 Å². The Morgan fingerprint density at radius 2 is 2.33 bits per heavy atom. The zero-order valence-electron chi connectivity index (χ0n) is 8.10. The lowest BCUT2D eigenvalue weighted by Crippen LogP contribution is -2.24. The van der Waals surface area contributed by atoms with Crippen molar-refractivity contribution in [3.63, 3.8) is 0 Å². The first-order chi connectivity index (χ1) is 7.16. The molecule has 0 saturated heterocycles. The smallest absolute Gasteiger partial charge is 0.253 e. The first-order valence-electron chi connectivity index (χ1n) is 4.28. The van der Waals surface area contributed by atoms with Crippen molar-refractivity contribution in [2.45, 2.75) is 6.92 Å². The fourth-order valence-electron chi connectivity index (χ4n) is 0.987. The molecule has 0 bridgehead atoms. The van der Waals surface area contributed by atoms with E-state index in [1.165, 1.54) is 12.1 Å². The molecule has 4 heteroatoms. The second-order valence-electron chi connectivity index (χ2n) is 2.71. The Hall–Kier alpha value is -1.34. The van der Waals surface area contributed by atoms with E-state index in [1.807, 2.05) is 0 Å². The second kappa shape index (κ2) is 5.52. The van der Waals surface area contributed by atoms with Crippen molar-refractivity contribution in [2.75, 3.05) is 6.54 Å². The number of amides is 1. The van der Waals surface area contributed by atoms with Gasteiger partial charge in [-0.15, -0.1) is 5.92 Å². The number of halogens is 2. The van der Waals surface area contributed by atoms with Crippen molar-refractivity contribution < 1.29 is 9.18 Å². The number of rotatable bonds is 2. The highest BCUT2D eigenvalue weighted by Crippen LogP contribution is 2.19. The van der Waals surface area contributed by atoms with Gasteiger partial charge in [0.2, 0.25) is 0 Å². The minimum Gasteiger partial charge on any atom is -0.341 e. The van der Waals surface area contributed by atoms with E-state index in [0.29, 0.717) is 0 Å². The largest absolute Gasteiger partial charge is 0.341 e. The number of nitrogens with one attached hydrogen (secondary N) is 1. The molecule has 0 aliphatic carbocycles. The first kappa shape index (κ1) is 11.7. The number of benzene rings is 1. The maximum atomic E-state index is 13.1. The van der Waals surface area contributed by atoms with E-state index in [1.54, 1.807) is 13.0 Å². The van der Waals surface area contributed by atoms with Crippen LogP contribution in [0.1, 0.15) is 17.3 Å². The Kier molecular flexibility index (Phi) is 4.32. The summed E-state index contributed by atoms with van der Waals surface area (Å²) in [5, 5.41) is 2.56. The third kappa shape index (κ3) is 3.07. The van der Waals surface area contributed by atoms with Crippen molar-refractivity contribution in [1.82, 2.24) is 5.32 Å². The third-order valence-corrected chi connectivity index (χ3v) is 2.52. The maximum Gasteiger partial charge on any atom is 0.253 e. The van der Waals surface area contributed by atoms with Gasteiger partial charge >= 0.3 is 0 Å². The zero-order valence-corrected chi connectivity index (χ0v) is 9.69. The van der Waals surface area contributed by atoms with Crippen molar-refractivity contribution in [3.8, 4) is 11.8 Å². The molecule has 0 atom stereocenters. The van der Waals surface area contributed by atoms with E-state index in [4.69, 9.17) is 0 Å². The predicted octanol–water partition coefficient (Wildman–Crippen LogP) is 2.34. The Balaban J connectivity index is 2.81. The van der Waals surface area contributed by atoms with Crippen LogP contribution in [-0.2, 0) is 0 Å². The van der Waals surface area contributed by atoms with E-state index in [-0.39, 0.29) is 22.5 Å². The minimum absolute atomic E-state index is 0.173. The molecule has 1 N–H and O–H groups in total. The van der Waals surface area contributed by atoms with Gasteiger partial charge in [-0.1, -0.05) is 12.0 Å². The lowest BCUT2D eigenvalue weighted by Gasteiger charge is -2.04. The summed E-state index contributed by atoms with van der Waals surface area (Å²) < 4.78 is 13.2. The summed E-state index contributed by atoms with van der Waals surface area (Å²) in [7, 11) is 0. The molecule has 1 aromatic carbocycles. The average molecular weight is 270 g/mol. The minimum atomic E-state index is -0.454. The summed E-state index contributed by atoms with van der Waals surface area (Å²) in [5.41, 5.74) is 0.271.